The Morgan fingerprint density at radius 1 is 1.33 bits per heavy atom. The van der Waals surface area contributed by atoms with E-state index in [1.807, 2.05) is 37.3 Å². The zero-order chi connectivity index (χ0) is 21.1. The van der Waals surface area contributed by atoms with Gasteiger partial charge in [0.1, 0.15) is 23.6 Å². The van der Waals surface area contributed by atoms with Crippen molar-refractivity contribution < 1.29 is 23.6 Å². The Morgan fingerprint density at radius 2 is 2.10 bits per heavy atom. The van der Waals surface area contributed by atoms with E-state index in [-0.39, 0.29) is 6.61 Å². The van der Waals surface area contributed by atoms with Gasteiger partial charge >= 0.3 is 14.2 Å². The van der Waals surface area contributed by atoms with Gasteiger partial charge in [0, 0.05) is 25.2 Å². The van der Waals surface area contributed by atoms with Crippen molar-refractivity contribution in [1.29, 1.82) is 0 Å². The lowest BCUT2D eigenvalue weighted by molar-refractivity contribution is -0.227. The van der Waals surface area contributed by atoms with E-state index in [2.05, 4.69) is 10.1 Å². The maximum Gasteiger partial charge on any atom is 0.330 e. The van der Waals surface area contributed by atoms with Crippen LogP contribution < -0.4 is 20.9 Å². The monoisotopic (exact) mass is 437 g/mol. The summed E-state index contributed by atoms with van der Waals surface area (Å²) in [7, 11) is -1.47. The van der Waals surface area contributed by atoms with Gasteiger partial charge in [0.2, 0.25) is 0 Å². The Hall–Kier alpha value is -2.07. The third-order valence-corrected chi connectivity index (χ3v) is 6.45. The highest BCUT2D eigenvalue weighted by molar-refractivity contribution is 7.45. The molecule has 2 aliphatic heterocycles. The maximum atomic E-state index is 12.3. The molecule has 162 valence electrons. The van der Waals surface area contributed by atoms with Crippen molar-refractivity contribution >= 4 is 8.53 Å². The predicted octanol–water partition coefficient (Wildman–Crippen LogP) is 0.886. The first-order valence-electron chi connectivity index (χ1n) is 9.72. The number of ether oxygens (including phenoxy) is 2. The number of aliphatic hydroxyl groups is 1. The molecule has 2 saturated heterocycles. The summed E-state index contributed by atoms with van der Waals surface area (Å²) in [5.41, 5.74) is -2.19. The number of nitrogens with zero attached hydrogens (tertiary/aromatic N) is 1. The van der Waals surface area contributed by atoms with Gasteiger partial charge in [-0.1, -0.05) is 25.1 Å². The van der Waals surface area contributed by atoms with Crippen molar-refractivity contribution in [1.82, 2.24) is 14.6 Å². The van der Waals surface area contributed by atoms with E-state index in [9.17, 15) is 14.7 Å². The average molecular weight is 437 g/mol. The van der Waals surface area contributed by atoms with Crippen molar-refractivity contribution in [3.63, 3.8) is 0 Å². The van der Waals surface area contributed by atoms with Gasteiger partial charge in [0.15, 0.2) is 6.23 Å². The molecule has 2 aromatic rings. The smallest absolute Gasteiger partial charge is 0.330 e. The van der Waals surface area contributed by atoms with E-state index in [0.29, 0.717) is 25.3 Å². The number of H-pyrrole nitrogens is 1. The molecule has 5 unspecified atom stereocenters. The van der Waals surface area contributed by atoms with E-state index < -0.39 is 43.8 Å². The number of nitrogens with one attached hydrogen (secondary N) is 2. The zero-order valence-electron chi connectivity index (χ0n) is 16.4. The number of aliphatic hydroxyl groups excluding tert-OH is 1. The molecule has 0 aliphatic carbocycles. The Morgan fingerprint density at radius 3 is 2.73 bits per heavy atom. The van der Waals surface area contributed by atoms with Gasteiger partial charge in [0.25, 0.3) is 5.56 Å². The molecule has 0 saturated carbocycles. The van der Waals surface area contributed by atoms with Crippen molar-refractivity contribution in [2.24, 2.45) is 0 Å². The molecule has 2 aliphatic rings. The first kappa shape index (κ1) is 21.2. The molecule has 30 heavy (non-hydrogen) atoms. The quantitative estimate of drug-likeness (QED) is 0.520. The summed E-state index contributed by atoms with van der Waals surface area (Å²) in [6.07, 6.45) is -0.763. The fourth-order valence-electron chi connectivity index (χ4n) is 3.58. The van der Waals surface area contributed by atoms with E-state index in [1.165, 1.54) is 16.8 Å². The van der Waals surface area contributed by atoms with E-state index in [0.717, 1.165) is 0 Å². The van der Waals surface area contributed by atoms with Crippen molar-refractivity contribution in [3.05, 3.63) is 63.4 Å². The largest absolute Gasteiger partial charge is 0.436 e. The van der Waals surface area contributed by atoms with Crippen molar-refractivity contribution in [2.75, 3.05) is 19.8 Å². The molecule has 5 atom stereocenters. The number of aromatic nitrogens is 2. The van der Waals surface area contributed by atoms with Crippen LogP contribution in [-0.4, -0.2) is 52.2 Å². The zero-order valence-corrected chi connectivity index (χ0v) is 17.3. The molecule has 0 radical (unpaired) electrons. The second-order valence-corrected chi connectivity index (χ2v) is 8.28. The Balaban J connectivity index is 1.47. The Labute approximate surface area is 173 Å². The average Bonchev–Trinajstić information content (AvgIpc) is 2.99. The topological polar surface area (TPSA) is 124 Å². The van der Waals surface area contributed by atoms with Gasteiger partial charge in [-0.25, -0.2) is 9.88 Å². The highest BCUT2D eigenvalue weighted by atomic mass is 31.2. The van der Waals surface area contributed by atoms with Crippen LogP contribution in [-0.2, 0) is 14.0 Å². The van der Waals surface area contributed by atoms with E-state index in [1.54, 1.807) is 0 Å². The van der Waals surface area contributed by atoms with Crippen molar-refractivity contribution in [2.45, 2.75) is 37.4 Å². The molecule has 3 N–H and O–H groups in total. The highest BCUT2D eigenvalue weighted by Crippen LogP contribution is 2.48. The minimum absolute atomic E-state index is 0.0341. The fourth-order valence-corrected chi connectivity index (χ4v) is 4.64. The lowest BCUT2D eigenvalue weighted by atomic mass is 9.86. The van der Waals surface area contributed by atoms with Gasteiger partial charge in [-0.3, -0.25) is 14.3 Å². The van der Waals surface area contributed by atoms with Crippen molar-refractivity contribution in [3.8, 4) is 5.75 Å². The summed E-state index contributed by atoms with van der Waals surface area (Å²) in [6.45, 7) is 3.05. The highest BCUT2D eigenvalue weighted by Gasteiger charge is 2.62. The Bertz CT molecular complexity index is 962. The molecule has 4 rings (SSSR count). The summed E-state index contributed by atoms with van der Waals surface area (Å²) in [5, 5.41) is 14.0. The lowest BCUT2D eigenvalue weighted by Gasteiger charge is -2.44. The molecular weight excluding hydrogens is 413 g/mol. The van der Waals surface area contributed by atoms with Crippen LogP contribution in [0.1, 0.15) is 19.6 Å². The summed E-state index contributed by atoms with van der Waals surface area (Å²) in [6, 6.07) is 10.5. The van der Waals surface area contributed by atoms with Gasteiger partial charge in [0.05, 0.1) is 13.2 Å². The second-order valence-electron chi connectivity index (χ2n) is 7.01. The summed E-state index contributed by atoms with van der Waals surface area (Å²) >= 11 is 0. The number of hydrogen-bond acceptors (Lipinski definition) is 8. The lowest BCUT2D eigenvalue weighted by Crippen LogP contribution is -2.57. The van der Waals surface area contributed by atoms with Gasteiger partial charge < -0.3 is 23.6 Å². The number of benzene rings is 1. The first-order chi connectivity index (χ1) is 14.5. The van der Waals surface area contributed by atoms with Crippen LogP contribution in [0, 0.1) is 0 Å². The molecular formula is C19H24N3O7P. The molecule has 3 heterocycles. The van der Waals surface area contributed by atoms with Crippen LogP contribution in [0.4, 0.5) is 0 Å². The summed E-state index contributed by atoms with van der Waals surface area (Å²) in [5.74, 6) is 0.661. The summed E-state index contributed by atoms with van der Waals surface area (Å²) < 4.78 is 24.7. The minimum atomic E-state index is -1.47. The minimum Gasteiger partial charge on any atom is -0.436 e. The molecule has 1 spiro atoms. The fraction of sp³-hybridized carbons (Fsp3) is 0.474. The molecule has 0 amide bonds. The van der Waals surface area contributed by atoms with Crippen LogP contribution in [0.2, 0.25) is 0 Å². The molecule has 11 heteroatoms. The van der Waals surface area contributed by atoms with E-state index >= 15 is 0 Å². The van der Waals surface area contributed by atoms with E-state index in [4.69, 9.17) is 18.5 Å². The number of hydrogen-bond donors (Lipinski definition) is 3. The second kappa shape index (κ2) is 8.97. The maximum absolute atomic E-state index is 12.3. The Kier molecular flexibility index (Phi) is 6.33. The van der Waals surface area contributed by atoms with Crippen LogP contribution in [0.15, 0.2) is 52.2 Å². The molecule has 0 bridgehead atoms. The standard InChI is InChI=1S/C19H24N3O7P/c1-2-20-30(29-13-6-4-3-5-7-13)27-12-14-16(24)19(9-11-26-19)17(28-14)22-10-8-15(23)21-18(22)25/h3-8,10,14,16-17,20,24H,2,9,11-12H2,1H3,(H,21,23,25). The third kappa shape index (κ3) is 4.07. The van der Waals surface area contributed by atoms with Crippen LogP contribution in [0.5, 0.6) is 5.75 Å². The molecule has 1 aromatic heterocycles. The van der Waals surface area contributed by atoms with Crippen LogP contribution in [0.3, 0.4) is 0 Å². The van der Waals surface area contributed by atoms with Gasteiger partial charge in [-0.2, -0.15) is 0 Å². The van der Waals surface area contributed by atoms with Crippen LogP contribution >= 0.6 is 8.53 Å². The first-order valence-corrected chi connectivity index (χ1v) is 10.9. The molecule has 10 nitrogen and oxygen atoms in total. The third-order valence-electron chi connectivity index (χ3n) is 5.12. The van der Waals surface area contributed by atoms with Gasteiger partial charge in [-0.05, 0) is 12.1 Å². The number of aromatic amines is 1. The van der Waals surface area contributed by atoms with Crippen LogP contribution in [0.25, 0.3) is 0 Å². The van der Waals surface area contributed by atoms with Gasteiger partial charge in [-0.15, -0.1) is 0 Å². The molecule has 2 fully saturated rings. The predicted molar refractivity (Wildman–Crippen MR) is 108 cm³/mol. The normalized spacial score (nSPS) is 28.9. The molecule has 1 aromatic carbocycles. The SMILES string of the molecule is CCNP(OCC1OC(n2ccc(=O)[nH]c2=O)C2(CCO2)C1O)Oc1ccccc1. The number of para-hydroxylation sites is 1. The number of rotatable bonds is 8. The summed E-state index contributed by atoms with van der Waals surface area (Å²) in [4.78, 5) is 25.8.